The first-order valence-corrected chi connectivity index (χ1v) is 6.38. The van der Waals surface area contributed by atoms with E-state index in [1.165, 1.54) is 12.8 Å². The first kappa shape index (κ1) is 12.9. The van der Waals surface area contributed by atoms with Crippen LogP contribution in [0.15, 0.2) is 24.3 Å². The van der Waals surface area contributed by atoms with Crippen molar-refractivity contribution < 1.29 is 14.4 Å². The zero-order valence-corrected chi connectivity index (χ0v) is 10.6. The lowest BCUT2D eigenvalue weighted by molar-refractivity contribution is -0.140. The van der Waals surface area contributed by atoms with Gasteiger partial charge in [0.15, 0.2) is 6.61 Å². The van der Waals surface area contributed by atoms with E-state index in [9.17, 15) is 4.79 Å². The van der Waals surface area contributed by atoms with E-state index >= 15 is 0 Å². The number of benzene rings is 1. The monoisotopic (exact) mass is 249 g/mol. The minimum Gasteiger partial charge on any atom is -0.483 e. The number of nitrogens with one attached hydrogen (secondary N) is 1. The Bertz CT molecular complexity index is 400. The van der Waals surface area contributed by atoms with E-state index in [4.69, 9.17) is 9.57 Å². The third-order valence-electron chi connectivity index (χ3n) is 3.09. The Hall–Kier alpha value is -1.55. The van der Waals surface area contributed by atoms with Crippen LogP contribution in [0.1, 0.15) is 31.2 Å². The summed E-state index contributed by atoms with van der Waals surface area (Å²) in [6.45, 7) is 1.93. The van der Waals surface area contributed by atoms with Gasteiger partial charge < -0.3 is 4.74 Å². The zero-order valence-electron chi connectivity index (χ0n) is 10.6. The molecule has 1 aliphatic rings. The fourth-order valence-electron chi connectivity index (χ4n) is 2.05. The average Bonchev–Trinajstić information content (AvgIpc) is 2.88. The maximum absolute atomic E-state index is 11.5. The topological polar surface area (TPSA) is 47.6 Å². The molecule has 0 unspecified atom stereocenters. The van der Waals surface area contributed by atoms with Crippen LogP contribution in [-0.2, 0) is 9.63 Å². The summed E-state index contributed by atoms with van der Waals surface area (Å²) in [5.74, 6) is 0.485. The number of rotatable bonds is 5. The highest BCUT2D eigenvalue weighted by molar-refractivity contribution is 5.76. The summed E-state index contributed by atoms with van der Waals surface area (Å²) in [6.07, 6.45) is 4.59. The van der Waals surface area contributed by atoms with Gasteiger partial charge in [0.25, 0.3) is 5.91 Å². The summed E-state index contributed by atoms with van der Waals surface area (Å²) in [7, 11) is 0. The number of amides is 1. The number of carbonyl (C=O) groups is 1. The molecule has 4 heteroatoms. The highest BCUT2D eigenvalue weighted by Gasteiger charge is 2.16. The van der Waals surface area contributed by atoms with Crippen LogP contribution in [0.3, 0.4) is 0 Å². The van der Waals surface area contributed by atoms with Gasteiger partial charge in [-0.25, -0.2) is 5.48 Å². The molecule has 18 heavy (non-hydrogen) atoms. The molecule has 0 bridgehead atoms. The summed E-state index contributed by atoms with van der Waals surface area (Å²) < 4.78 is 5.42. The van der Waals surface area contributed by atoms with Crippen molar-refractivity contribution in [2.45, 2.75) is 38.7 Å². The quantitative estimate of drug-likeness (QED) is 0.815. The highest BCUT2D eigenvalue weighted by Crippen LogP contribution is 2.20. The van der Waals surface area contributed by atoms with Crippen LogP contribution in [-0.4, -0.2) is 18.6 Å². The third kappa shape index (κ3) is 3.74. The molecule has 0 atom stereocenters. The van der Waals surface area contributed by atoms with Gasteiger partial charge in [-0.1, -0.05) is 31.0 Å². The van der Waals surface area contributed by atoms with Crippen molar-refractivity contribution in [3.05, 3.63) is 29.8 Å². The molecule has 0 heterocycles. The van der Waals surface area contributed by atoms with Crippen LogP contribution < -0.4 is 10.2 Å². The minimum absolute atomic E-state index is 0.0163. The first-order valence-electron chi connectivity index (χ1n) is 6.38. The van der Waals surface area contributed by atoms with Crippen molar-refractivity contribution in [1.29, 1.82) is 0 Å². The second-order valence-electron chi connectivity index (χ2n) is 4.60. The average molecular weight is 249 g/mol. The molecule has 1 N–H and O–H groups in total. The molecule has 1 fully saturated rings. The molecule has 98 valence electrons. The third-order valence-corrected chi connectivity index (χ3v) is 3.09. The largest absolute Gasteiger partial charge is 0.483 e. The van der Waals surface area contributed by atoms with Gasteiger partial charge in [-0.05, 0) is 31.4 Å². The number of carbonyl (C=O) groups excluding carboxylic acids is 1. The van der Waals surface area contributed by atoms with Gasteiger partial charge in [-0.15, -0.1) is 0 Å². The second kappa shape index (κ2) is 6.40. The molecular formula is C14H19NO3. The van der Waals surface area contributed by atoms with E-state index in [1.807, 2.05) is 31.2 Å². The van der Waals surface area contributed by atoms with Crippen LogP contribution in [0.2, 0.25) is 0 Å². The molecule has 0 radical (unpaired) electrons. The van der Waals surface area contributed by atoms with Crippen LogP contribution in [0.25, 0.3) is 0 Å². The summed E-state index contributed by atoms with van der Waals surface area (Å²) in [5.41, 5.74) is 3.47. The molecular weight excluding hydrogens is 230 g/mol. The van der Waals surface area contributed by atoms with Gasteiger partial charge in [-0.3, -0.25) is 9.63 Å². The maximum Gasteiger partial charge on any atom is 0.281 e. The number of ether oxygens (including phenoxy) is 1. The Labute approximate surface area is 107 Å². The highest BCUT2D eigenvalue weighted by atomic mass is 16.7. The van der Waals surface area contributed by atoms with E-state index < -0.39 is 0 Å². The minimum atomic E-state index is -0.245. The normalized spacial score (nSPS) is 15.6. The van der Waals surface area contributed by atoms with Crippen LogP contribution in [0, 0.1) is 6.92 Å². The fraction of sp³-hybridized carbons (Fsp3) is 0.500. The zero-order chi connectivity index (χ0) is 12.8. The lowest BCUT2D eigenvalue weighted by Crippen LogP contribution is -2.32. The van der Waals surface area contributed by atoms with E-state index in [0.717, 1.165) is 24.2 Å². The fourth-order valence-corrected chi connectivity index (χ4v) is 2.05. The Morgan fingerprint density at radius 2 is 2.06 bits per heavy atom. The molecule has 1 aromatic carbocycles. The lowest BCUT2D eigenvalue weighted by Gasteiger charge is -2.12. The van der Waals surface area contributed by atoms with E-state index in [0.29, 0.717) is 0 Å². The van der Waals surface area contributed by atoms with Crippen molar-refractivity contribution in [3.63, 3.8) is 0 Å². The number of para-hydroxylation sites is 1. The summed E-state index contributed by atoms with van der Waals surface area (Å²) in [4.78, 5) is 16.8. The molecule has 0 saturated heterocycles. The molecule has 0 aliphatic heterocycles. The van der Waals surface area contributed by atoms with Gasteiger partial charge in [0, 0.05) is 0 Å². The molecule has 1 saturated carbocycles. The standard InChI is InChI=1S/C14H19NO3/c1-11-6-2-5-9-13(11)17-10-14(16)15-18-12-7-3-4-8-12/h2,5-6,9,12H,3-4,7-8,10H2,1H3,(H,15,16). The number of aryl methyl sites for hydroxylation is 1. The number of hydroxylamine groups is 1. The summed E-state index contributed by atoms with van der Waals surface area (Å²) in [5, 5.41) is 0. The van der Waals surface area contributed by atoms with E-state index in [-0.39, 0.29) is 18.6 Å². The van der Waals surface area contributed by atoms with E-state index in [2.05, 4.69) is 5.48 Å². The molecule has 2 rings (SSSR count). The predicted octanol–water partition coefficient (Wildman–Crippen LogP) is 2.36. The van der Waals surface area contributed by atoms with Gasteiger partial charge in [-0.2, -0.15) is 0 Å². The Kier molecular flexibility index (Phi) is 4.59. The molecule has 1 aromatic rings. The predicted molar refractivity (Wildman–Crippen MR) is 68.2 cm³/mol. The van der Waals surface area contributed by atoms with Crippen molar-refractivity contribution in [3.8, 4) is 5.75 Å². The van der Waals surface area contributed by atoms with Gasteiger partial charge >= 0.3 is 0 Å². The van der Waals surface area contributed by atoms with Crippen LogP contribution in [0.4, 0.5) is 0 Å². The van der Waals surface area contributed by atoms with Crippen LogP contribution in [0.5, 0.6) is 5.75 Å². The van der Waals surface area contributed by atoms with Crippen molar-refractivity contribution >= 4 is 5.91 Å². The summed E-state index contributed by atoms with van der Waals surface area (Å²) in [6, 6.07) is 7.61. The molecule has 1 amide bonds. The molecule has 1 aliphatic carbocycles. The van der Waals surface area contributed by atoms with Gasteiger partial charge in [0.05, 0.1) is 6.10 Å². The molecule has 0 spiro atoms. The number of hydrogen-bond donors (Lipinski definition) is 1. The van der Waals surface area contributed by atoms with Crippen molar-refractivity contribution in [1.82, 2.24) is 5.48 Å². The van der Waals surface area contributed by atoms with Crippen molar-refractivity contribution in [2.75, 3.05) is 6.61 Å². The maximum atomic E-state index is 11.5. The SMILES string of the molecule is Cc1ccccc1OCC(=O)NOC1CCCC1. The first-order chi connectivity index (χ1) is 8.75. The van der Waals surface area contributed by atoms with Gasteiger partial charge in [0.1, 0.15) is 5.75 Å². The van der Waals surface area contributed by atoms with E-state index in [1.54, 1.807) is 0 Å². The lowest BCUT2D eigenvalue weighted by atomic mass is 10.2. The molecule has 0 aromatic heterocycles. The Morgan fingerprint density at radius 3 is 2.78 bits per heavy atom. The van der Waals surface area contributed by atoms with Crippen LogP contribution >= 0.6 is 0 Å². The van der Waals surface area contributed by atoms with Gasteiger partial charge in [0.2, 0.25) is 0 Å². The Morgan fingerprint density at radius 1 is 1.33 bits per heavy atom. The Balaban J connectivity index is 1.69. The second-order valence-corrected chi connectivity index (χ2v) is 4.60. The smallest absolute Gasteiger partial charge is 0.281 e. The molecule has 4 nitrogen and oxygen atoms in total. The summed E-state index contributed by atoms with van der Waals surface area (Å²) >= 11 is 0. The van der Waals surface area contributed by atoms with Crippen molar-refractivity contribution in [2.24, 2.45) is 0 Å². The number of hydrogen-bond acceptors (Lipinski definition) is 3.